The third-order valence-corrected chi connectivity index (χ3v) is 6.66. The molecule has 3 aromatic rings. The number of fused-ring (bicyclic) bond motifs is 1. The Labute approximate surface area is 211 Å². The fourth-order valence-corrected chi connectivity index (χ4v) is 4.89. The van der Waals surface area contributed by atoms with E-state index in [1.165, 1.54) is 17.0 Å². The fourth-order valence-electron chi connectivity index (χ4n) is 3.41. The number of benzene rings is 3. The van der Waals surface area contributed by atoms with E-state index in [1.54, 1.807) is 54.6 Å². The number of hydrogen-bond acceptors (Lipinski definition) is 5. The second kappa shape index (κ2) is 9.17. The highest BCUT2D eigenvalue weighted by atomic mass is 79.9. The Balaban J connectivity index is 1.58. The van der Waals surface area contributed by atoms with Crippen molar-refractivity contribution >= 4 is 79.4 Å². The molecule has 3 aromatic carbocycles. The summed E-state index contributed by atoms with van der Waals surface area (Å²) in [6.07, 6.45) is 1.65. The van der Waals surface area contributed by atoms with E-state index in [0.29, 0.717) is 32.4 Å². The van der Waals surface area contributed by atoms with Crippen LogP contribution in [0.1, 0.15) is 11.1 Å². The topological polar surface area (TPSA) is 74.1 Å². The first-order chi connectivity index (χ1) is 16.4. The Kier molecular flexibility index (Phi) is 6.07. The average Bonchev–Trinajstić information content (AvgIpc) is 3.29. The maximum atomic E-state index is 13.3. The molecule has 1 fully saturated rings. The largest absolute Gasteiger partial charge is 0.320 e. The number of carbonyl (C=O) groups is 2. The summed E-state index contributed by atoms with van der Waals surface area (Å²) in [6.45, 7) is 0. The third-order valence-electron chi connectivity index (χ3n) is 4.98. The number of anilines is 2. The van der Waals surface area contributed by atoms with Crippen LogP contribution in [0.4, 0.5) is 15.8 Å². The van der Waals surface area contributed by atoms with Gasteiger partial charge in [0, 0.05) is 15.1 Å². The van der Waals surface area contributed by atoms with Crippen LogP contribution in [0.2, 0.25) is 5.02 Å². The quantitative estimate of drug-likeness (QED) is 0.315. The Morgan fingerprint density at radius 3 is 2.59 bits per heavy atom. The zero-order valence-corrected chi connectivity index (χ0v) is 20.3. The first kappa shape index (κ1) is 22.5. The lowest BCUT2D eigenvalue weighted by Crippen LogP contribution is -2.28. The summed E-state index contributed by atoms with van der Waals surface area (Å²) in [4.78, 5) is 27.5. The van der Waals surface area contributed by atoms with E-state index in [1.807, 2.05) is 6.07 Å². The molecule has 2 aliphatic heterocycles. The van der Waals surface area contributed by atoms with Crippen molar-refractivity contribution in [1.82, 2.24) is 0 Å². The summed E-state index contributed by atoms with van der Waals surface area (Å²) in [7, 11) is 0. The minimum atomic E-state index is -0.386. The smallest absolute Gasteiger partial charge is 0.276 e. The summed E-state index contributed by atoms with van der Waals surface area (Å²) in [5.74, 6) is -1.09. The lowest BCUT2D eigenvalue weighted by atomic mass is 10.1. The molecule has 0 spiro atoms. The molecule has 0 radical (unpaired) electrons. The highest BCUT2D eigenvalue weighted by Gasteiger charge is 2.35. The molecule has 0 bridgehead atoms. The van der Waals surface area contributed by atoms with Gasteiger partial charge in [0.25, 0.3) is 11.8 Å². The normalized spacial score (nSPS) is 18.8. The maximum Gasteiger partial charge on any atom is 0.276 e. The van der Waals surface area contributed by atoms with Crippen LogP contribution < -0.4 is 10.2 Å². The summed E-state index contributed by atoms with van der Waals surface area (Å²) >= 11 is 10.6. The second-order valence-corrected chi connectivity index (χ2v) is 9.62. The van der Waals surface area contributed by atoms with E-state index < -0.39 is 0 Å². The number of nitrogens with one attached hydrogen (secondary N) is 1. The van der Waals surface area contributed by atoms with Gasteiger partial charge < -0.3 is 5.32 Å². The molecule has 1 N–H and O–H groups in total. The van der Waals surface area contributed by atoms with Gasteiger partial charge in [-0.25, -0.2) is 4.39 Å². The van der Waals surface area contributed by atoms with E-state index >= 15 is 0 Å². The molecule has 2 aliphatic rings. The Bertz CT molecular complexity index is 1440. The van der Waals surface area contributed by atoms with Gasteiger partial charge in [-0.05, 0) is 71.9 Å². The molecule has 0 atom stereocenters. The van der Waals surface area contributed by atoms with Crippen molar-refractivity contribution in [2.75, 3.05) is 10.2 Å². The van der Waals surface area contributed by atoms with Crippen LogP contribution in [-0.2, 0) is 9.59 Å². The predicted molar refractivity (Wildman–Crippen MR) is 138 cm³/mol. The summed E-state index contributed by atoms with van der Waals surface area (Å²) < 4.78 is 14.1. The van der Waals surface area contributed by atoms with Gasteiger partial charge in [-0.2, -0.15) is 0 Å². The highest BCUT2D eigenvalue weighted by molar-refractivity contribution is 9.10. The molecule has 0 unspecified atom stereocenters. The van der Waals surface area contributed by atoms with Crippen LogP contribution in [0.25, 0.3) is 6.08 Å². The van der Waals surface area contributed by atoms with Crippen LogP contribution in [0, 0.1) is 5.82 Å². The van der Waals surface area contributed by atoms with Gasteiger partial charge in [0.15, 0.2) is 5.71 Å². The van der Waals surface area contributed by atoms with Crippen LogP contribution in [0.5, 0.6) is 0 Å². The molecule has 168 valence electrons. The van der Waals surface area contributed by atoms with Crippen molar-refractivity contribution in [1.29, 1.82) is 0 Å². The second-order valence-electron chi connectivity index (χ2n) is 7.26. The molecule has 10 heteroatoms. The van der Waals surface area contributed by atoms with E-state index in [-0.39, 0.29) is 28.5 Å². The molecule has 34 heavy (non-hydrogen) atoms. The Morgan fingerprint density at radius 2 is 1.82 bits per heavy atom. The number of thioether (sulfide) groups is 1. The first-order valence-electron chi connectivity index (χ1n) is 9.91. The summed E-state index contributed by atoms with van der Waals surface area (Å²) in [6, 6.07) is 17.9. The van der Waals surface area contributed by atoms with Gasteiger partial charge in [-0.15, -0.1) is 10.2 Å². The van der Waals surface area contributed by atoms with Crippen molar-refractivity contribution in [3.05, 3.63) is 98.1 Å². The van der Waals surface area contributed by atoms with Crippen molar-refractivity contribution in [2.45, 2.75) is 0 Å². The van der Waals surface area contributed by atoms with E-state index in [0.717, 1.165) is 16.2 Å². The lowest BCUT2D eigenvalue weighted by molar-refractivity contribution is -0.113. The van der Waals surface area contributed by atoms with Crippen molar-refractivity contribution < 1.29 is 14.0 Å². The Hall–Kier alpha value is -3.27. The zero-order valence-electron chi connectivity index (χ0n) is 17.1. The average molecular weight is 556 g/mol. The van der Waals surface area contributed by atoms with Gasteiger partial charge in [0.05, 0.1) is 16.3 Å². The van der Waals surface area contributed by atoms with E-state index in [9.17, 15) is 14.0 Å². The summed E-state index contributed by atoms with van der Waals surface area (Å²) in [5, 5.41) is 11.9. The third kappa shape index (κ3) is 4.42. The van der Waals surface area contributed by atoms with Gasteiger partial charge in [0.2, 0.25) is 5.17 Å². The number of halogens is 3. The highest BCUT2D eigenvalue weighted by Crippen LogP contribution is 2.37. The standard InChI is InChI=1S/C24H13BrClFN4O2S/c25-14-6-9-19-18(11-14)21(22(32)28-19)29-30-24-31(17-3-1-2-15(26)12-17)23(33)20(34-24)10-13-4-7-16(27)8-5-13/h1-12H,(H,28,29,32). The van der Waals surface area contributed by atoms with Crippen molar-refractivity contribution in [2.24, 2.45) is 10.2 Å². The van der Waals surface area contributed by atoms with E-state index in [4.69, 9.17) is 11.6 Å². The lowest BCUT2D eigenvalue weighted by Gasteiger charge is -2.15. The summed E-state index contributed by atoms with van der Waals surface area (Å²) in [5.41, 5.74) is 2.54. The molecular weight excluding hydrogens is 543 g/mol. The molecular formula is C24H13BrClFN4O2S. The number of carbonyl (C=O) groups excluding carboxylic acids is 2. The van der Waals surface area contributed by atoms with Crippen LogP contribution in [-0.4, -0.2) is 22.7 Å². The monoisotopic (exact) mass is 554 g/mol. The Morgan fingerprint density at radius 1 is 1.03 bits per heavy atom. The fraction of sp³-hybridized carbons (Fsp3) is 0. The number of nitrogens with zero attached hydrogens (tertiary/aromatic N) is 3. The van der Waals surface area contributed by atoms with E-state index in [2.05, 4.69) is 31.4 Å². The van der Waals surface area contributed by atoms with Gasteiger partial charge in [-0.1, -0.05) is 45.7 Å². The molecule has 6 nitrogen and oxygen atoms in total. The molecule has 2 amide bonds. The molecule has 0 aliphatic carbocycles. The SMILES string of the molecule is O=C1Nc2ccc(Br)cc2C1=NN=C1SC(=Cc2ccc(F)cc2)C(=O)N1c1cccc(Cl)c1. The first-order valence-corrected chi connectivity index (χ1v) is 11.9. The minimum Gasteiger partial charge on any atom is -0.320 e. The zero-order chi connectivity index (χ0) is 23.8. The number of amides is 2. The van der Waals surface area contributed by atoms with Crippen molar-refractivity contribution in [3.8, 4) is 0 Å². The molecule has 5 rings (SSSR count). The minimum absolute atomic E-state index is 0.138. The van der Waals surface area contributed by atoms with Gasteiger partial charge >= 0.3 is 0 Å². The molecule has 0 saturated carbocycles. The number of rotatable bonds is 3. The van der Waals surface area contributed by atoms with Crippen molar-refractivity contribution in [3.63, 3.8) is 0 Å². The predicted octanol–water partition coefficient (Wildman–Crippen LogP) is 6.07. The molecule has 1 saturated heterocycles. The molecule has 2 heterocycles. The number of amidine groups is 1. The van der Waals surface area contributed by atoms with Crippen LogP contribution in [0.15, 0.2) is 86.3 Å². The molecule has 0 aromatic heterocycles. The maximum absolute atomic E-state index is 13.3. The number of hydrogen-bond donors (Lipinski definition) is 1. The van der Waals surface area contributed by atoms with Gasteiger partial charge in [-0.3, -0.25) is 14.5 Å². The van der Waals surface area contributed by atoms with Gasteiger partial charge in [0.1, 0.15) is 5.82 Å². The van der Waals surface area contributed by atoms with Crippen LogP contribution in [0.3, 0.4) is 0 Å². The van der Waals surface area contributed by atoms with Crippen LogP contribution >= 0.6 is 39.3 Å².